The first-order chi connectivity index (χ1) is 11.7. The number of ether oxygens (including phenoxy) is 1. The lowest BCUT2D eigenvalue weighted by Crippen LogP contribution is -2.04. The van der Waals surface area contributed by atoms with Crippen LogP contribution in [0, 0.1) is 11.3 Å². The Kier molecular flexibility index (Phi) is 6.88. The summed E-state index contributed by atoms with van der Waals surface area (Å²) >= 11 is 5.88. The third kappa shape index (κ3) is 5.25. The third-order valence-corrected chi connectivity index (χ3v) is 3.90. The van der Waals surface area contributed by atoms with Crippen molar-refractivity contribution in [2.24, 2.45) is 0 Å². The van der Waals surface area contributed by atoms with Crippen molar-refractivity contribution in [1.29, 1.82) is 5.26 Å². The Hall–Kier alpha value is -2.48. The summed E-state index contributed by atoms with van der Waals surface area (Å²) in [6, 6.07) is 15.5. The Morgan fingerprint density at radius 3 is 2.56 bits per heavy atom. The molecule has 6 heteroatoms. The minimum absolute atomic E-state index is 0. The number of benzene rings is 2. The number of halogens is 2. The maximum atomic E-state index is 9.25. The van der Waals surface area contributed by atoms with Crippen molar-refractivity contribution >= 4 is 24.0 Å². The van der Waals surface area contributed by atoms with Gasteiger partial charge in [-0.2, -0.15) is 5.26 Å². The van der Waals surface area contributed by atoms with Gasteiger partial charge in [-0.05, 0) is 35.4 Å². The average Bonchev–Trinajstić information content (AvgIpc) is 3.10. The molecule has 0 N–H and O–H groups in total. The van der Waals surface area contributed by atoms with E-state index in [1.54, 1.807) is 18.6 Å². The van der Waals surface area contributed by atoms with Gasteiger partial charge in [0, 0.05) is 30.4 Å². The van der Waals surface area contributed by atoms with E-state index in [0.29, 0.717) is 24.5 Å². The zero-order valence-corrected chi connectivity index (χ0v) is 15.0. The van der Waals surface area contributed by atoms with Crippen molar-refractivity contribution in [3.8, 4) is 11.8 Å². The van der Waals surface area contributed by atoms with Gasteiger partial charge >= 0.3 is 0 Å². The highest BCUT2D eigenvalue weighted by Gasteiger charge is 2.06. The fourth-order valence-electron chi connectivity index (χ4n) is 2.40. The van der Waals surface area contributed by atoms with Crippen molar-refractivity contribution in [1.82, 2.24) is 9.55 Å². The van der Waals surface area contributed by atoms with E-state index in [9.17, 15) is 5.26 Å². The van der Waals surface area contributed by atoms with E-state index in [1.165, 1.54) is 0 Å². The van der Waals surface area contributed by atoms with Crippen LogP contribution in [-0.2, 0) is 13.0 Å². The summed E-state index contributed by atoms with van der Waals surface area (Å²) in [5, 5.41) is 9.97. The molecular formula is C19H17Cl2N3O. The van der Waals surface area contributed by atoms with Crippen LogP contribution in [0.4, 0.5) is 0 Å². The Balaban J connectivity index is 0.00000225. The van der Waals surface area contributed by atoms with Crippen molar-refractivity contribution in [2.45, 2.75) is 13.0 Å². The van der Waals surface area contributed by atoms with Crippen LogP contribution in [0.3, 0.4) is 0 Å². The molecule has 0 saturated heterocycles. The van der Waals surface area contributed by atoms with Gasteiger partial charge in [0.05, 0.1) is 18.5 Å². The van der Waals surface area contributed by atoms with E-state index >= 15 is 0 Å². The second-order valence-electron chi connectivity index (χ2n) is 5.40. The second kappa shape index (κ2) is 9.12. The monoisotopic (exact) mass is 373 g/mol. The number of nitriles is 1. The molecule has 0 radical (unpaired) electrons. The zero-order chi connectivity index (χ0) is 16.8. The normalized spacial score (nSPS) is 9.92. The fraction of sp³-hybridized carbons (Fsp3) is 0.158. The van der Waals surface area contributed by atoms with Crippen LogP contribution in [0.5, 0.6) is 5.75 Å². The van der Waals surface area contributed by atoms with Crippen molar-refractivity contribution in [3.63, 3.8) is 0 Å². The van der Waals surface area contributed by atoms with E-state index in [4.69, 9.17) is 16.3 Å². The molecule has 0 amide bonds. The quantitative estimate of drug-likeness (QED) is 0.638. The maximum absolute atomic E-state index is 9.25. The first-order valence-electron chi connectivity index (χ1n) is 7.60. The van der Waals surface area contributed by atoms with E-state index in [-0.39, 0.29) is 12.4 Å². The Bertz CT molecular complexity index is 840. The standard InChI is InChI=1S/C19H16ClN3O.ClH/c20-18-5-2-15(3-6-18)7-10-24-19-11-16(1-4-17(19)12-21)13-23-9-8-22-14-23;/h1-6,8-9,11,14H,7,10,13H2;1H. The number of hydrogen-bond acceptors (Lipinski definition) is 3. The van der Waals surface area contributed by atoms with Gasteiger partial charge in [0.2, 0.25) is 0 Å². The van der Waals surface area contributed by atoms with Gasteiger partial charge in [0.1, 0.15) is 11.8 Å². The molecule has 0 saturated carbocycles. The van der Waals surface area contributed by atoms with E-state index in [2.05, 4.69) is 11.1 Å². The largest absolute Gasteiger partial charge is 0.492 e. The molecule has 0 aliphatic rings. The zero-order valence-electron chi connectivity index (χ0n) is 13.4. The van der Waals surface area contributed by atoms with Gasteiger partial charge in [0.15, 0.2) is 0 Å². The molecule has 0 atom stereocenters. The van der Waals surface area contributed by atoms with Gasteiger partial charge < -0.3 is 9.30 Å². The summed E-state index contributed by atoms with van der Waals surface area (Å²) in [7, 11) is 0. The molecule has 0 unspecified atom stereocenters. The van der Waals surface area contributed by atoms with E-state index in [0.717, 1.165) is 22.6 Å². The summed E-state index contributed by atoms with van der Waals surface area (Å²) in [6.07, 6.45) is 6.17. The highest BCUT2D eigenvalue weighted by molar-refractivity contribution is 6.30. The Labute approximate surface area is 158 Å². The lowest BCUT2D eigenvalue weighted by molar-refractivity contribution is 0.320. The molecule has 0 aliphatic heterocycles. The molecular weight excluding hydrogens is 357 g/mol. The Morgan fingerprint density at radius 1 is 1.12 bits per heavy atom. The summed E-state index contributed by atoms with van der Waals surface area (Å²) in [6.45, 7) is 1.20. The topological polar surface area (TPSA) is 50.8 Å². The molecule has 25 heavy (non-hydrogen) atoms. The molecule has 1 aromatic heterocycles. The van der Waals surface area contributed by atoms with Gasteiger partial charge in [0.25, 0.3) is 0 Å². The molecule has 3 rings (SSSR count). The van der Waals surface area contributed by atoms with Crippen molar-refractivity contribution < 1.29 is 4.74 Å². The van der Waals surface area contributed by atoms with Crippen LogP contribution in [0.2, 0.25) is 5.02 Å². The molecule has 0 bridgehead atoms. The highest BCUT2D eigenvalue weighted by atomic mass is 35.5. The van der Waals surface area contributed by atoms with Crippen molar-refractivity contribution in [3.05, 3.63) is 82.9 Å². The molecule has 3 aromatic rings. The first kappa shape index (κ1) is 18.9. The smallest absolute Gasteiger partial charge is 0.137 e. The van der Waals surface area contributed by atoms with Gasteiger partial charge in [-0.1, -0.05) is 29.8 Å². The van der Waals surface area contributed by atoms with Gasteiger partial charge in [-0.25, -0.2) is 4.98 Å². The average molecular weight is 374 g/mol. The number of imidazole rings is 1. The second-order valence-corrected chi connectivity index (χ2v) is 5.84. The predicted octanol–water partition coefficient (Wildman–Crippen LogP) is 4.50. The van der Waals surface area contributed by atoms with Gasteiger partial charge in [-0.15, -0.1) is 12.4 Å². The van der Waals surface area contributed by atoms with E-state index < -0.39 is 0 Å². The minimum atomic E-state index is 0. The molecule has 0 fully saturated rings. The van der Waals surface area contributed by atoms with Crippen LogP contribution in [0.1, 0.15) is 16.7 Å². The fourth-order valence-corrected chi connectivity index (χ4v) is 2.52. The summed E-state index contributed by atoms with van der Waals surface area (Å²) in [4.78, 5) is 4.03. The predicted molar refractivity (Wildman–Crippen MR) is 100 cm³/mol. The van der Waals surface area contributed by atoms with Crippen LogP contribution in [0.15, 0.2) is 61.2 Å². The lowest BCUT2D eigenvalue weighted by atomic mass is 10.1. The Morgan fingerprint density at radius 2 is 1.88 bits per heavy atom. The molecule has 1 heterocycles. The molecule has 0 spiro atoms. The van der Waals surface area contributed by atoms with Crippen LogP contribution >= 0.6 is 24.0 Å². The third-order valence-electron chi connectivity index (χ3n) is 3.65. The van der Waals surface area contributed by atoms with Crippen LogP contribution in [0.25, 0.3) is 0 Å². The number of aromatic nitrogens is 2. The number of rotatable bonds is 6. The molecule has 4 nitrogen and oxygen atoms in total. The van der Waals surface area contributed by atoms with Crippen LogP contribution < -0.4 is 4.74 Å². The summed E-state index contributed by atoms with van der Waals surface area (Å²) in [5.41, 5.74) is 2.75. The SMILES string of the molecule is Cl.N#Cc1ccc(Cn2ccnc2)cc1OCCc1ccc(Cl)cc1. The van der Waals surface area contributed by atoms with Crippen LogP contribution in [-0.4, -0.2) is 16.2 Å². The molecule has 0 aliphatic carbocycles. The number of hydrogen-bond donors (Lipinski definition) is 0. The number of nitrogens with zero attached hydrogens (tertiary/aromatic N) is 3. The van der Waals surface area contributed by atoms with Crippen molar-refractivity contribution in [2.75, 3.05) is 6.61 Å². The first-order valence-corrected chi connectivity index (χ1v) is 7.98. The minimum Gasteiger partial charge on any atom is -0.492 e. The maximum Gasteiger partial charge on any atom is 0.137 e. The summed E-state index contributed by atoms with van der Waals surface area (Å²) < 4.78 is 7.81. The molecule has 2 aromatic carbocycles. The lowest BCUT2D eigenvalue weighted by Gasteiger charge is -2.10. The van der Waals surface area contributed by atoms with E-state index in [1.807, 2.05) is 47.2 Å². The van der Waals surface area contributed by atoms with Gasteiger partial charge in [-0.3, -0.25) is 0 Å². The summed E-state index contributed by atoms with van der Waals surface area (Å²) in [5.74, 6) is 0.615. The molecule has 128 valence electrons. The highest BCUT2D eigenvalue weighted by Crippen LogP contribution is 2.21.